The molecule has 0 saturated heterocycles. The van der Waals surface area contributed by atoms with Gasteiger partial charge in [-0.1, -0.05) is 20.5 Å². The number of rotatable bonds is 5. The smallest absolute Gasteiger partial charge is 0.339 e. The zero-order valence-electron chi connectivity index (χ0n) is 11.4. The van der Waals surface area contributed by atoms with Crippen molar-refractivity contribution in [2.45, 2.75) is 9.79 Å². The zero-order chi connectivity index (χ0) is 18.1. The second-order valence-corrected chi connectivity index (χ2v) is 8.14. The number of nitro benzene ring substituents is 1. The molecule has 0 atom stereocenters. The summed E-state index contributed by atoms with van der Waals surface area (Å²) in [5.41, 5.74) is -0.636. The van der Waals surface area contributed by atoms with E-state index in [1.54, 1.807) is 0 Å². The number of halogens is 1. The van der Waals surface area contributed by atoms with Gasteiger partial charge in [0, 0.05) is 10.5 Å². The minimum absolute atomic E-state index is 0.327. The van der Waals surface area contributed by atoms with Crippen LogP contribution in [-0.2, 0) is 24.8 Å². The maximum Gasteiger partial charge on any atom is 0.339 e. The van der Waals surface area contributed by atoms with E-state index in [0.717, 1.165) is 6.07 Å². The van der Waals surface area contributed by atoms with Crippen molar-refractivity contribution in [1.29, 1.82) is 0 Å². The lowest BCUT2D eigenvalue weighted by Gasteiger charge is -2.09. The molecule has 2 rings (SSSR count). The Morgan fingerprint density at radius 2 is 1.58 bits per heavy atom. The van der Waals surface area contributed by atoms with Crippen molar-refractivity contribution in [2.24, 2.45) is 0 Å². The largest absolute Gasteiger partial charge is 0.377 e. The van der Waals surface area contributed by atoms with E-state index in [0.29, 0.717) is 16.6 Å². The molecule has 2 aromatic carbocycles. The first kappa shape index (κ1) is 18.3. The third kappa shape index (κ3) is 4.08. The molecule has 0 heterocycles. The molecule has 0 aliphatic rings. The van der Waals surface area contributed by atoms with Gasteiger partial charge in [-0.15, -0.1) is 0 Å². The third-order valence-electron chi connectivity index (χ3n) is 2.71. The summed E-state index contributed by atoms with van der Waals surface area (Å²) in [5.74, 6) is -0.942. The van der Waals surface area contributed by atoms with Gasteiger partial charge in [0.1, 0.15) is 9.79 Å². The topological polar surface area (TPSA) is 141 Å². The van der Waals surface area contributed by atoms with Crippen molar-refractivity contribution in [1.82, 2.24) is 0 Å². The van der Waals surface area contributed by atoms with E-state index in [9.17, 15) is 31.5 Å². The minimum Gasteiger partial charge on any atom is -0.377 e. The van der Waals surface area contributed by atoms with E-state index in [-0.39, 0.29) is 4.90 Å². The standard InChI is InChI=1S/C12H7BrNO8S2/c13-8-1-4-10(5-2-8)24(20,21)22-11-7-9(14(15)16)3-6-12(11)23(17,18)19/h1-7H. The molecule has 0 aliphatic carbocycles. The lowest BCUT2D eigenvalue weighted by Crippen LogP contribution is -2.12. The highest BCUT2D eigenvalue weighted by Crippen LogP contribution is 2.31. The lowest BCUT2D eigenvalue weighted by atomic mass is 10.3. The molecule has 0 aliphatic heterocycles. The minimum atomic E-state index is -5.11. The molecule has 127 valence electrons. The maximum absolute atomic E-state index is 12.2. The molecule has 0 N–H and O–H groups in total. The Labute approximate surface area is 145 Å². The van der Waals surface area contributed by atoms with Crippen LogP contribution in [0.5, 0.6) is 5.75 Å². The van der Waals surface area contributed by atoms with Crippen LogP contribution in [0.1, 0.15) is 0 Å². The monoisotopic (exact) mass is 436 g/mol. The molecule has 0 saturated carbocycles. The SMILES string of the molecule is [O]S(=O)(=O)c1ccc([N+](=O)[O-])cc1OS(=O)(=O)c1ccc(Br)cc1. The van der Waals surface area contributed by atoms with Crippen LogP contribution in [-0.4, -0.2) is 21.8 Å². The van der Waals surface area contributed by atoms with Crippen LogP contribution >= 0.6 is 15.9 Å². The van der Waals surface area contributed by atoms with Crippen LogP contribution in [0.25, 0.3) is 0 Å². The van der Waals surface area contributed by atoms with E-state index in [2.05, 4.69) is 20.1 Å². The van der Waals surface area contributed by atoms with E-state index in [4.69, 9.17) is 0 Å². The van der Waals surface area contributed by atoms with Crippen molar-refractivity contribution < 1.29 is 30.5 Å². The Morgan fingerprint density at radius 3 is 2.08 bits per heavy atom. The van der Waals surface area contributed by atoms with Crippen LogP contribution in [0.2, 0.25) is 0 Å². The fourth-order valence-electron chi connectivity index (χ4n) is 1.65. The van der Waals surface area contributed by atoms with Gasteiger partial charge in [0.2, 0.25) is 0 Å². The first-order valence-corrected chi connectivity index (χ1v) is 9.56. The Hall–Kier alpha value is -2.02. The fraction of sp³-hybridized carbons (Fsp3) is 0. The van der Waals surface area contributed by atoms with Crippen molar-refractivity contribution >= 4 is 41.9 Å². The Kier molecular flexibility index (Phi) is 4.94. The first-order chi connectivity index (χ1) is 11.0. The van der Waals surface area contributed by atoms with Crippen molar-refractivity contribution in [3.05, 3.63) is 57.1 Å². The second kappa shape index (κ2) is 6.47. The van der Waals surface area contributed by atoms with Gasteiger partial charge in [0.25, 0.3) is 5.69 Å². The van der Waals surface area contributed by atoms with Crippen LogP contribution in [0.3, 0.4) is 0 Å². The predicted octanol–water partition coefficient (Wildman–Crippen LogP) is 2.24. The molecule has 0 bridgehead atoms. The predicted molar refractivity (Wildman–Crippen MR) is 82.9 cm³/mol. The van der Waals surface area contributed by atoms with Crippen molar-refractivity contribution in [3.8, 4) is 5.75 Å². The van der Waals surface area contributed by atoms with Crippen LogP contribution in [0.15, 0.2) is 56.7 Å². The highest BCUT2D eigenvalue weighted by Gasteiger charge is 2.26. The zero-order valence-corrected chi connectivity index (χ0v) is 14.7. The summed E-state index contributed by atoms with van der Waals surface area (Å²) in [7, 11) is -9.61. The maximum atomic E-state index is 12.2. The molecule has 0 unspecified atom stereocenters. The summed E-state index contributed by atoms with van der Waals surface area (Å²) >= 11 is 3.11. The van der Waals surface area contributed by atoms with E-state index in [1.807, 2.05) is 0 Å². The average Bonchev–Trinajstić information content (AvgIpc) is 2.45. The Morgan fingerprint density at radius 1 is 1.00 bits per heavy atom. The van der Waals surface area contributed by atoms with Gasteiger partial charge < -0.3 is 4.18 Å². The lowest BCUT2D eigenvalue weighted by molar-refractivity contribution is -0.385. The van der Waals surface area contributed by atoms with Gasteiger partial charge in [0.15, 0.2) is 5.75 Å². The molecular formula is C12H7BrNO8S2. The van der Waals surface area contributed by atoms with E-state index < -0.39 is 41.5 Å². The van der Waals surface area contributed by atoms with Gasteiger partial charge in [-0.2, -0.15) is 16.8 Å². The van der Waals surface area contributed by atoms with Crippen LogP contribution < -0.4 is 4.18 Å². The molecule has 0 fully saturated rings. The van der Waals surface area contributed by atoms with Gasteiger partial charge in [-0.3, -0.25) is 10.1 Å². The molecule has 12 heteroatoms. The first-order valence-electron chi connectivity index (χ1n) is 5.95. The van der Waals surface area contributed by atoms with Gasteiger partial charge in [-0.25, -0.2) is 0 Å². The average molecular weight is 437 g/mol. The third-order valence-corrected chi connectivity index (χ3v) is 5.36. The van der Waals surface area contributed by atoms with E-state index in [1.165, 1.54) is 24.3 Å². The number of nitro groups is 1. The summed E-state index contributed by atoms with van der Waals surface area (Å²) in [5, 5.41) is 10.8. The molecule has 0 spiro atoms. The molecule has 24 heavy (non-hydrogen) atoms. The summed E-state index contributed by atoms with van der Waals surface area (Å²) in [6.45, 7) is 0. The molecule has 2 aromatic rings. The highest BCUT2D eigenvalue weighted by atomic mass is 79.9. The summed E-state index contributed by atoms with van der Waals surface area (Å²) < 4.78 is 63.2. The van der Waals surface area contributed by atoms with E-state index >= 15 is 0 Å². The van der Waals surface area contributed by atoms with Gasteiger partial charge in [-0.05, 0) is 30.3 Å². The molecule has 0 amide bonds. The number of nitrogens with zero attached hydrogens (tertiary/aromatic N) is 1. The highest BCUT2D eigenvalue weighted by molar-refractivity contribution is 9.10. The van der Waals surface area contributed by atoms with Crippen molar-refractivity contribution in [2.75, 3.05) is 0 Å². The fourth-order valence-corrected chi connectivity index (χ4v) is 3.49. The van der Waals surface area contributed by atoms with Crippen LogP contribution in [0, 0.1) is 10.1 Å². The number of hydrogen-bond donors (Lipinski definition) is 0. The van der Waals surface area contributed by atoms with Crippen LogP contribution in [0.4, 0.5) is 5.69 Å². The molecular weight excluding hydrogens is 430 g/mol. The summed E-state index contributed by atoms with van der Waals surface area (Å²) in [6, 6.07) is 7.06. The van der Waals surface area contributed by atoms with Crippen molar-refractivity contribution in [3.63, 3.8) is 0 Å². The normalized spacial score (nSPS) is 11.9. The number of hydrogen-bond acceptors (Lipinski definition) is 7. The summed E-state index contributed by atoms with van der Waals surface area (Å²) in [6.07, 6.45) is 0. The molecule has 0 aromatic heterocycles. The Balaban J connectivity index is 2.56. The van der Waals surface area contributed by atoms with Gasteiger partial charge >= 0.3 is 20.2 Å². The quantitative estimate of drug-likeness (QED) is 0.397. The Bertz CT molecular complexity index is 1000. The van der Waals surface area contributed by atoms with Gasteiger partial charge in [0.05, 0.1) is 11.0 Å². The molecule has 1 radical (unpaired) electrons. The summed E-state index contributed by atoms with van der Waals surface area (Å²) in [4.78, 5) is 8.52. The number of benzene rings is 2. The second-order valence-electron chi connectivity index (χ2n) is 4.33. The number of non-ortho nitro benzene ring substituents is 1. The molecule has 9 nitrogen and oxygen atoms in total.